The molecule has 0 atom stereocenters. The van der Waals surface area contributed by atoms with Crippen LogP contribution in [0, 0.1) is 0 Å². The van der Waals surface area contributed by atoms with Gasteiger partial charge in [0, 0.05) is 37.5 Å². The van der Waals surface area contributed by atoms with E-state index in [2.05, 4.69) is 39.7 Å². The van der Waals surface area contributed by atoms with E-state index in [1.807, 2.05) is 41.0 Å². The fraction of sp³-hybridized carbons (Fsp3) is 0.200. The summed E-state index contributed by atoms with van der Waals surface area (Å²) in [5, 5.41) is 7.62. The van der Waals surface area contributed by atoms with Crippen LogP contribution in [0.15, 0.2) is 55.1 Å². The minimum Gasteiger partial charge on any atom is -0.378 e. The zero-order valence-electron chi connectivity index (χ0n) is 11.4. The molecule has 0 bridgehead atoms. The van der Waals surface area contributed by atoms with Gasteiger partial charge in [0.05, 0.1) is 13.1 Å². The van der Waals surface area contributed by atoms with Crippen molar-refractivity contribution in [3.05, 3.63) is 66.5 Å². The number of aryl methyl sites for hydroxylation is 1. The molecule has 0 radical (unpaired) electrons. The predicted molar refractivity (Wildman–Crippen MR) is 78.3 cm³/mol. The Bertz CT molecular complexity index is 669. The van der Waals surface area contributed by atoms with Crippen LogP contribution in [0.25, 0.3) is 0 Å². The lowest BCUT2D eigenvalue weighted by Gasteiger charge is -2.08. The molecular formula is C15H17N5. The summed E-state index contributed by atoms with van der Waals surface area (Å²) >= 11 is 0. The number of rotatable bonds is 5. The Labute approximate surface area is 117 Å². The fourth-order valence-electron chi connectivity index (χ4n) is 2.11. The van der Waals surface area contributed by atoms with Crippen LogP contribution < -0.4 is 5.32 Å². The largest absolute Gasteiger partial charge is 0.378 e. The van der Waals surface area contributed by atoms with Gasteiger partial charge in [-0.1, -0.05) is 12.1 Å². The number of anilines is 1. The van der Waals surface area contributed by atoms with Crippen LogP contribution in [0.3, 0.4) is 0 Å². The average molecular weight is 267 g/mol. The summed E-state index contributed by atoms with van der Waals surface area (Å²) in [5.74, 6) is 1.02. The molecule has 2 aromatic heterocycles. The number of imidazole rings is 1. The lowest BCUT2D eigenvalue weighted by atomic mass is 10.2. The molecule has 0 unspecified atom stereocenters. The van der Waals surface area contributed by atoms with Crippen molar-refractivity contribution in [2.45, 2.75) is 13.1 Å². The fourth-order valence-corrected chi connectivity index (χ4v) is 2.11. The number of hydrogen-bond donors (Lipinski definition) is 1. The molecule has 0 aliphatic heterocycles. The molecule has 5 heteroatoms. The highest BCUT2D eigenvalue weighted by atomic mass is 15.3. The molecule has 2 heterocycles. The van der Waals surface area contributed by atoms with E-state index < -0.39 is 0 Å². The first-order chi connectivity index (χ1) is 9.81. The summed E-state index contributed by atoms with van der Waals surface area (Å²) < 4.78 is 3.93. The lowest BCUT2D eigenvalue weighted by molar-refractivity contribution is 0.687. The number of nitrogens with one attached hydrogen (secondary N) is 1. The molecular weight excluding hydrogens is 250 g/mol. The molecule has 0 aliphatic rings. The second-order valence-electron chi connectivity index (χ2n) is 4.71. The van der Waals surface area contributed by atoms with E-state index in [1.165, 1.54) is 5.56 Å². The van der Waals surface area contributed by atoms with Crippen LogP contribution >= 0.6 is 0 Å². The van der Waals surface area contributed by atoms with Gasteiger partial charge in [0.25, 0.3) is 0 Å². The molecule has 0 saturated heterocycles. The molecule has 0 fully saturated rings. The highest BCUT2D eigenvalue weighted by molar-refractivity contribution is 5.45. The minimum absolute atomic E-state index is 0.717. The Kier molecular flexibility index (Phi) is 3.50. The third-order valence-electron chi connectivity index (χ3n) is 3.20. The Hall–Kier alpha value is -2.56. The van der Waals surface area contributed by atoms with Gasteiger partial charge in [-0.15, -0.1) is 0 Å². The first-order valence-corrected chi connectivity index (χ1v) is 6.58. The van der Waals surface area contributed by atoms with Crippen molar-refractivity contribution in [3.63, 3.8) is 0 Å². The topological polar surface area (TPSA) is 47.7 Å². The van der Waals surface area contributed by atoms with Crippen molar-refractivity contribution < 1.29 is 0 Å². The molecule has 5 nitrogen and oxygen atoms in total. The lowest BCUT2D eigenvalue weighted by Crippen LogP contribution is -2.06. The molecule has 1 N–H and O–H groups in total. The monoisotopic (exact) mass is 267 g/mol. The van der Waals surface area contributed by atoms with Crippen molar-refractivity contribution >= 4 is 5.69 Å². The second kappa shape index (κ2) is 5.61. The summed E-state index contributed by atoms with van der Waals surface area (Å²) in [6.07, 6.45) is 7.52. The first-order valence-electron chi connectivity index (χ1n) is 6.58. The zero-order valence-corrected chi connectivity index (χ0v) is 11.4. The van der Waals surface area contributed by atoms with Gasteiger partial charge in [0.15, 0.2) is 0 Å². The number of nitrogens with zero attached hydrogens (tertiary/aromatic N) is 4. The van der Waals surface area contributed by atoms with Gasteiger partial charge in [-0.2, -0.15) is 5.10 Å². The van der Waals surface area contributed by atoms with E-state index >= 15 is 0 Å². The third kappa shape index (κ3) is 2.88. The maximum atomic E-state index is 4.30. The van der Waals surface area contributed by atoms with Gasteiger partial charge < -0.3 is 9.88 Å². The Balaban J connectivity index is 1.67. The Morgan fingerprint density at radius 1 is 1.15 bits per heavy atom. The number of hydrogen-bond acceptors (Lipinski definition) is 3. The van der Waals surface area contributed by atoms with Crippen LogP contribution in [0.5, 0.6) is 0 Å². The smallest absolute Gasteiger partial charge is 0.127 e. The van der Waals surface area contributed by atoms with E-state index in [1.54, 1.807) is 6.20 Å². The molecule has 3 rings (SSSR count). The highest BCUT2D eigenvalue weighted by Crippen LogP contribution is 2.12. The summed E-state index contributed by atoms with van der Waals surface area (Å²) in [7, 11) is 2.00. The van der Waals surface area contributed by atoms with E-state index in [0.717, 1.165) is 18.1 Å². The van der Waals surface area contributed by atoms with Gasteiger partial charge in [-0.05, 0) is 23.8 Å². The summed E-state index contributed by atoms with van der Waals surface area (Å²) in [4.78, 5) is 4.30. The molecule has 0 aliphatic carbocycles. The molecule has 1 aromatic carbocycles. The van der Waals surface area contributed by atoms with Crippen molar-refractivity contribution in [1.82, 2.24) is 19.3 Å². The quantitative estimate of drug-likeness (QED) is 0.771. The normalized spacial score (nSPS) is 10.7. The van der Waals surface area contributed by atoms with Gasteiger partial charge in [-0.3, -0.25) is 4.68 Å². The van der Waals surface area contributed by atoms with Crippen molar-refractivity contribution in [2.24, 2.45) is 7.05 Å². The Morgan fingerprint density at radius 2 is 2.10 bits per heavy atom. The van der Waals surface area contributed by atoms with E-state index in [4.69, 9.17) is 0 Å². The average Bonchev–Trinajstić information content (AvgIpc) is 3.09. The first kappa shape index (κ1) is 12.5. The van der Waals surface area contributed by atoms with Gasteiger partial charge in [0.1, 0.15) is 5.82 Å². The molecule has 20 heavy (non-hydrogen) atoms. The molecule has 0 saturated carbocycles. The maximum absolute atomic E-state index is 4.30. The van der Waals surface area contributed by atoms with Crippen molar-refractivity contribution in [3.8, 4) is 0 Å². The van der Waals surface area contributed by atoms with Gasteiger partial charge in [0.2, 0.25) is 0 Å². The number of benzene rings is 1. The Morgan fingerprint density at radius 3 is 2.85 bits per heavy atom. The summed E-state index contributed by atoms with van der Waals surface area (Å²) in [6, 6.07) is 10.3. The van der Waals surface area contributed by atoms with Gasteiger partial charge in [-0.25, -0.2) is 4.98 Å². The SMILES string of the molecule is Cn1ccnc1CNc1cccc(Cn2cccn2)c1. The standard InChI is InChI=1S/C15H17N5/c1-19-9-7-16-15(19)11-17-14-5-2-4-13(10-14)12-20-8-3-6-18-20/h2-10,17H,11-12H2,1H3. The molecule has 0 amide bonds. The summed E-state index contributed by atoms with van der Waals surface area (Å²) in [6.45, 7) is 1.50. The van der Waals surface area contributed by atoms with Crippen LogP contribution in [-0.2, 0) is 20.1 Å². The van der Waals surface area contributed by atoms with Gasteiger partial charge >= 0.3 is 0 Å². The summed E-state index contributed by atoms with van der Waals surface area (Å²) in [5.41, 5.74) is 2.32. The van der Waals surface area contributed by atoms with E-state index in [9.17, 15) is 0 Å². The maximum Gasteiger partial charge on any atom is 0.127 e. The van der Waals surface area contributed by atoms with Crippen molar-refractivity contribution in [2.75, 3.05) is 5.32 Å². The van der Waals surface area contributed by atoms with Crippen LogP contribution in [-0.4, -0.2) is 19.3 Å². The minimum atomic E-state index is 0.717. The zero-order chi connectivity index (χ0) is 13.8. The molecule has 0 spiro atoms. The van der Waals surface area contributed by atoms with E-state index in [-0.39, 0.29) is 0 Å². The third-order valence-corrected chi connectivity index (χ3v) is 3.20. The molecule has 102 valence electrons. The predicted octanol–water partition coefficient (Wildman–Crippen LogP) is 2.28. The van der Waals surface area contributed by atoms with Crippen molar-refractivity contribution in [1.29, 1.82) is 0 Å². The number of aromatic nitrogens is 4. The van der Waals surface area contributed by atoms with E-state index in [0.29, 0.717) is 6.54 Å². The van der Waals surface area contributed by atoms with Crippen LogP contribution in [0.1, 0.15) is 11.4 Å². The second-order valence-corrected chi connectivity index (χ2v) is 4.71. The highest BCUT2D eigenvalue weighted by Gasteiger charge is 2.00. The van der Waals surface area contributed by atoms with Crippen LogP contribution in [0.4, 0.5) is 5.69 Å². The molecule has 3 aromatic rings. The van der Waals surface area contributed by atoms with Crippen LogP contribution in [0.2, 0.25) is 0 Å².